The molecule has 0 fully saturated rings. The van der Waals surface area contributed by atoms with Crippen LogP contribution in [0.25, 0.3) is 0 Å². The number of aromatic nitrogens is 3. The number of nitrogens with one attached hydrogen (secondary N) is 2. The molecular formula is C12H20N4O3. The van der Waals surface area contributed by atoms with E-state index in [9.17, 15) is 9.59 Å². The van der Waals surface area contributed by atoms with Gasteiger partial charge in [0.2, 0.25) is 5.82 Å². The van der Waals surface area contributed by atoms with Crippen molar-refractivity contribution in [3.8, 4) is 0 Å². The Kier molecular flexibility index (Phi) is 4.63. The molecule has 1 heterocycles. The highest BCUT2D eigenvalue weighted by Crippen LogP contribution is 2.19. The summed E-state index contributed by atoms with van der Waals surface area (Å²) in [5, 5.41) is 18.0. The first-order valence-corrected chi connectivity index (χ1v) is 6.20. The standard InChI is InChI=1S/C12H20N4O3/c1-5-6-7-13-9(16-15-7)10(17)14-8(11(18)19)12(2,3)4/h8H,5-6H2,1-4H3,(H,14,17)(H,18,19)(H,13,15,16)/t8-/m0/s1. The molecule has 0 unspecified atom stereocenters. The average Bonchev–Trinajstić information content (AvgIpc) is 2.72. The Morgan fingerprint density at radius 3 is 2.53 bits per heavy atom. The third kappa shape index (κ3) is 4.04. The van der Waals surface area contributed by atoms with E-state index in [4.69, 9.17) is 5.11 Å². The van der Waals surface area contributed by atoms with Crippen LogP contribution in [0, 0.1) is 5.41 Å². The number of hydrogen-bond donors (Lipinski definition) is 3. The van der Waals surface area contributed by atoms with Gasteiger partial charge < -0.3 is 10.4 Å². The first-order chi connectivity index (χ1) is 8.75. The van der Waals surface area contributed by atoms with E-state index in [0.717, 1.165) is 6.42 Å². The maximum Gasteiger partial charge on any atom is 0.326 e. The number of aliphatic carboxylic acids is 1. The van der Waals surface area contributed by atoms with Gasteiger partial charge in [0.25, 0.3) is 5.91 Å². The van der Waals surface area contributed by atoms with Gasteiger partial charge in [-0.15, -0.1) is 5.10 Å². The topological polar surface area (TPSA) is 108 Å². The van der Waals surface area contributed by atoms with Crippen LogP contribution in [0.3, 0.4) is 0 Å². The molecule has 0 radical (unpaired) electrons. The van der Waals surface area contributed by atoms with Crippen molar-refractivity contribution in [3.63, 3.8) is 0 Å². The van der Waals surface area contributed by atoms with Crippen LogP contribution in [-0.2, 0) is 11.2 Å². The Morgan fingerprint density at radius 1 is 1.42 bits per heavy atom. The van der Waals surface area contributed by atoms with E-state index in [-0.39, 0.29) is 5.82 Å². The van der Waals surface area contributed by atoms with Crippen LogP contribution in [0.5, 0.6) is 0 Å². The highest BCUT2D eigenvalue weighted by Gasteiger charge is 2.33. The maximum absolute atomic E-state index is 11.9. The van der Waals surface area contributed by atoms with Crippen LogP contribution in [0.4, 0.5) is 0 Å². The summed E-state index contributed by atoms with van der Waals surface area (Å²) in [5.41, 5.74) is -0.593. The molecule has 1 atom stereocenters. The second-order valence-electron chi connectivity index (χ2n) is 5.47. The molecule has 0 aromatic carbocycles. The van der Waals surface area contributed by atoms with E-state index in [0.29, 0.717) is 12.2 Å². The molecule has 19 heavy (non-hydrogen) atoms. The smallest absolute Gasteiger partial charge is 0.326 e. The molecule has 0 saturated heterocycles. The van der Waals surface area contributed by atoms with Crippen LogP contribution >= 0.6 is 0 Å². The van der Waals surface area contributed by atoms with Crippen molar-refractivity contribution in [3.05, 3.63) is 11.6 Å². The predicted molar refractivity (Wildman–Crippen MR) is 68.7 cm³/mol. The van der Waals surface area contributed by atoms with Crippen molar-refractivity contribution in [2.45, 2.75) is 46.6 Å². The second-order valence-corrected chi connectivity index (χ2v) is 5.47. The molecule has 3 N–H and O–H groups in total. The maximum atomic E-state index is 11.9. The van der Waals surface area contributed by atoms with Crippen LogP contribution in [-0.4, -0.2) is 38.2 Å². The fraction of sp³-hybridized carbons (Fsp3) is 0.667. The Labute approximate surface area is 111 Å². The third-order valence-electron chi connectivity index (χ3n) is 2.61. The lowest BCUT2D eigenvalue weighted by Crippen LogP contribution is -2.49. The van der Waals surface area contributed by atoms with Crippen molar-refractivity contribution < 1.29 is 14.7 Å². The van der Waals surface area contributed by atoms with E-state index in [1.54, 1.807) is 20.8 Å². The Balaban J connectivity index is 2.79. The summed E-state index contributed by atoms with van der Waals surface area (Å²) in [5.74, 6) is -1.07. The lowest BCUT2D eigenvalue weighted by atomic mass is 9.87. The molecule has 0 aliphatic carbocycles. The Hall–Kier alpha value is -1.92. The molecule has 0 aliphatic heterocycles. The summed E-state index contributed by atoms with van der Waals surface area (Å²) in [6, 6.07) is -0.992. The number of nitrogens with zero attached hydrogens (tertiary/aromatic N) is 2. The largest absolute Gasteiger partial charge is 0.480 e. The summed E-state index contributed by atoms with van der Waals surface area (Å²) < 4.78 is 0. The van der Waals surface area contributed by atoms with Gasteiger partial charge in [0.05, 0.1) is 0 Å². The molecule has 1 rings (SSSR count). The number of amides is 1. The molecular weight excluding hydrogens is 248 g/mol. The van der Waals surface area contributed by atoms with Crippen LogP contribution < -0.4 is 5.32 Å². The molecule has 7 nitrogen and oxygen atoms in total. The van der Waals surface area contributed by atoms with Gasteiger partial charge >= 0.3 is 5.97 Å². The molecule has 1 aromatic rings. The summed E-state index contributed by atoms with van der Waals surface area (Å²) in [4.78, 5) is 27.1. The van der Waals surface area contributed by atoms with Gasteiger partial charge in [0.1, 0.15) is 11.9 Å². The van der Waals surface area contributed by atoms with Gasteiger partial charge in [-0.25, -0.2) is 9.78 Å². The molecule has 0 bridgehead atoms. The number of aryl methyl sites for hydroxylation is 1. The minimum absolute atomic E-state index is 0.0288. The number of carboxylic acids is 1. The molecule has 0 aliphatic rings. The van der Waals surface area contributed by atoms with E-state index in [1.165, 1.54) is 0 Å². The van der Waals surface area contributed by atoms with Crippen LogP contribution in [0.15, 0.2) is 0 Å². The summed E-state index contributed by atoms with van der Waals surface area (Å²) in [6.07, 6.45) is 1.58. The van der Waals surface area contributed by atoms with Crippen molar-refractivity contribution >= 4 is 11.9 Å². The van der Waals surface area contributed by atoms with Crippen molar-refractivity contribution in [1.29, 1.82) is 0 Å². The first kappa shape index (κ1) is 15.1. The Bertz CT molecular complexity index is 462. The summed E-state index contributed by atoms with van der Waals surface area (Å²) >= 11 is 0. The highest BCUT2D eigenvalue weighted by molar-refractivity contribution is 5.93. The first-order valence-electron chi connectivity index (χ1n) is 6.20. The van der Waals surface area contributed by atoms with Gasteiger partial charge in [0.15, 0.2) is 0 Å². The van der Waals surface area contributed by atoms with Crippen LogP contribution in [0.2, 0.25) is 0 Å². The normalized spacial score (nSPS) is 13.1. The summed E-state index contributed by atoms with van der Waals surface area (Å²) in [6.45, 7) is 7.22. The number of carboxylic acid groups (broad SMARTS) is 1. The molecule has 0 spiro atoms. The monoisotopic (exact) mass is 268 g/mol. The second kappa shape index (κ2) is 5.81. The van der Waals surface area contributed by atoms with Gasteiger partial charge in [-0.1, -0.05) is 27.7 Å². The zero-order chi connectivity index (χ0) is 14.6. The van der Waals surface area contributed by atoms with Crippen molar-refractivity contribution in [1.82, 2.24) is 20.5 Å². The fourth-order valence-electron chi connectivity index (χ4n) is 1.59. The number of H-pyrrole nitrogens is 1. The van der Waals surface area contributed by atoms with E-state index < -0.39 is 23.3 Å². The number of rotatable bonds is 5. The van der Waals surface area contributed by atoms with E-state index >= 15 is 0 Å². The zero-order valence-electron chi connectivity index (χ0n) is 11.6. The number of carbonyl (C=O) groups excluding carboxylic acids is 1. The minimum atomic E-state index is -1.08. The summed E-state index contributed by atoms with van der Waals surface area (Å²) in [7, 11) is 0. The van der Waals surface area contributed by atoms with Gasteiger partial charge in [-0.2, -0.15) is 0 Å². The van der Waals surface area contributed by atoms with Crippen LogP contribution in [0.1, 0.15) is 50.6 Å². The molecule has 7 heteroatoms. The van der Waals surface area contributed by atoms with Gasteiger partial charge in [-0.05, 0) is 11.8 Å². The van der Waals surface area contributed by atoms with E-state index in [2.05, 4.69) is 20.5 Å². The third-order valence-corrected chi connectivity index (χ3v) is 2.61. The van der Waals surface area contributed by atoms with Gasteiger partial charge in [-0.3, -0.25) is 9.89 Å². The number of aromatic amines is 1. The quantitative estimate of drug-likeness (QED) is 0.738. The average molecular weight is 268 g/mol. The molecule has 0 saturated carbocycles. The van der Waals surface area contributed by atoms with Crippen molar-refractivity contribution in [2.75, 3.05) is 0 Å². The van der Waals surface area contributed by atoms with Crippen molar-refractivity contribution in [2.24, 2.45) is 5.41 Å². The Morgan fingerprint density at radius 2 is 2.05 bits per heavy atom. The van der Waals surface area contributed by atoms with Gasteiger partial charge in [0, 0.05) is 6.42 Å². The minimum Gasteiger partial charge on any atom is -0.480 e. The molecule has 106 valence electrons. The van der Waals surface area contributed by atoms with E-state index in [1.807, 2.05) is 6.92 Å². The molecule has 1 aromatic heterocycles. The SMILES string of the molecule is CCCc1nc(C(=O)N[C@@H](C(=O)O)C(C)(C)C)n[nH]1. The zero-order valence-corrected chi connectivity index (χ0v) is 11.6. The lowest BCUT2D eigenvalue weighted by Gasteiger charge is -2.27. The number of carbonyl (C=O) groups is 2. The molecule has 1 amide bonds. The highest BCUT2D eigenvalue weighted by atomic mass is 16.4. The lowest BCUT2D eigenvalue weighted by molar-refractivity contribution is -0.142. The number of hydrogen-bond acceptors (Lipinski definition) is 4. The predicted octanol–water partition coefficient (Wildman–Crippen LogP) is 0.986. The fourth-order valence-corrected chi connectivity index (χ4v) is 1.59.